The Labute approximate surface area is 206 Å². The summed E-state index contributed by atoms with van der Waals surface area (Å²) in [4.78, 5) is 40.7. The quantitative estimate of drug-likeness (QED) is 0.314. The van der Waals surface area contributed by atoms with Crippen molar-refractivity contribution < 1.29 is 28.2 Å². The Bertz CT molecular complexity index is 1390. The molecule has 0 radical (unpaired) electrons. The third-order valence-corrected chi connectivity index (χ3v) is 5.57. The molecule has 3 aromatic carbocycles. The summed E-state index contributed by atoms with van der Waals surface area (Å²) < 4.78 is 24.4. The van der Waals surface area contributed by atoms with Gasteiger partial charge in [0.05, 0.1) is 18.4 Å². The maximum atomic E-state index is 14.4. The summed E-state index contributed by atoms with van der Waals surface area (Å²) in [7, 11) is 1.20. The molecule has 1 heterocycles. The summed E-state index contributed by atoms with van der Waals surface area (Å²) in [6.07, 6.45) is 1.05. The zero-order valence-electron chi connectivity index (χ0n) is 19.4. The lowest BCUT2D eigenvalue weighted by atomic mass is 10.0. The topological polar surface area (TPSA) is 110 Å². The van der Waals surface area contributed by atoms with Crippen LogP contribution < -0.4 is 10.6 Å². The molecule has 0 unspecified atom stereocenters. The smallest absolute Gasteiger partial charge is 0.408 e. The predicted molar refractivity (Wildman–Crippen MR) is 132 cm³/mol. The van der Waals surface area contributed by atoms with Crippen LogP contribution in [0.3, 0.4) is 0 Å². The molecule has 0 aliphatic rings. The van der Waals surface area contributed by atoms with Crippen molar-refractivity contribution in [2.24, 2.45) is 0 Å². The molecule has 184 valence electrons. The molecule has 0 aliphatic carbocycles. The number of anilines is 1. The van der Waals surface area contributed by atoms with Crippen molar-refractivity contribution in [3.63, 3.8) is 0 Å². The molecule has 0 aliphatic heterocycles. The average molecular weight is 490 g/mol. The second-order valence-corrected chi connectivity index (χ2v) is 8.00. The Kier molecular flexibility index (Phi) is 7.60. The number of H-pyrrole nitrogens is 1. The Morgan fingerprint density at radius 1 is 1.00 bits per heavy atom. The first-order valence-corrected chi connectivity index (χ1v) is 11.2. The van der Waals surface area contributed by atoms with Gasteiger partial charge in [-0.25, -0.2) is 14.0 Å². The number of nitrogens with one attached hydrogen (secondary N) is 3. The minimum absolute atomic E-state index is 0.0178. The molecule has 4 aromatic rings. The molecular weight excluding hydrogens is 465 g/mol. The Morgan fingerprint density at radius 3 is 2.53 bits per heavy atom. The molecule has 2 amide bonds. The molecular formula is C27H24FN3O5. The summed E-state index contributed by atoms with van der Waals surface area (Å²) in [5.74, 6) is -2.10. The van der Waals surface area contributed by atoms with Crippen molar-refractivity contribution in [1.29, 1.82) is 0 Å². The average Bonchev–Trinajstić information content (AvgIpc) is 3.31. The number of fused-ring (bicyclic) bond motifs is 1. The lowest BCUT2D eigenvalue weighted by molar-refractivity contribution is -0.118. The molecule has 0 spiro atoms. The maximum Gasteiger partial charge on any atom is 0.408 e. The number of esters is 1. The number of hydrogen-bond acceptors (Lipinski definition) is 5. The Balaban J connectivity index is 1.54. The van der Waals surface area contributed by atoms with Crippen molar-refractivity contribution in [3.05, 3.63) is 102 Å². The molecule has 1 atom stereocenters. The number of ether oxygens (including phenoxy) is 2. The minimum Gasteiger partial charge on any atom is -0.465 e. The monoisotopic (exact) mass is 489 g/mol. The van der Waals surface area contributed by atoms with E-state index in [1.807, 2.05) is 42.5 Å². The SMILES string of the molecule is COC(=O)c1ccc(F)c(NC(=O)[C@H](Cc2c[nH]c3ccccc23)NC(=O)OCc2ccccc2)c1. The zero-order valence-corrected chi connectivity index (χ0v) is 19.4. The van der Waals surface area contributed by atoms with Crippen LogP contribution in [0, 0.1) is 5.82 Å². The van der Waals surface area contributed by atoms with Crippen LogP contribution in [-0.4, -0.2) is 36.1 Å². The predicted octanol–water partition coefficient (Wildman–Crippen LogP) is 4.57. The van der Waals surface area contributed by atoms with E-state index in [9.17, 15) is 18.8 Å². The first-order chi connectivity index (χ1) is 17.4. The molecule has 0 fully saturated rings. The van der Waals surface area contributed by atoms with Gasteiger partial charge in [0.15, 0.2) is 0 Å². The fraction of sp³-hybridized carbons (Fsp3) is 0.148. The number of benzene rings is 3. The standard InChI is InChI=1S/C27H24FN3O5/c1-35-26(33)18-11-12-21(28)23(13-18)30-25(32)24(14-19-15-29-22-10-6-5-9-20(19)22)31-27(34)36-16-17-7-3-2-4-8-17/h2-13,15,24,29H,14,16H2,1H3,(H,30,32)(H,31,34)/t24-/m0/s1. The molecule has 3 N–H and O–H groups in total. The molecule has 0 saturated heterocycles. The van der Waals surface area contributed by atoms with E-state index in [0.717, 1.165) is 28.1 Å². The summed E-state index contributed by atoms with van der Waals surface area (Å²) in [5.41, 5.74) is 2.28. The van der Waals surface area contributed by atoms with Crippen molar-refractivity contribution >= 4 is 34.6 Å². The molecule has 1 aromatic heterocycles. The third kappa shape index (κ3) is 5.87. The summed E-state index contributed by atoms with van der Waals surface area (Å²) in [6, 6.07) is 19.0. The van der Waals surface area contributed by atoms with Crippen LogP contribution in [0.15, 0.2) is 79.0 Å². The third-order valence-electron chi connectivity index (χ3n) is 5.57. The van der Waals surface area contributed by atoms with Crippen LogP contribution >= 0.6 is 0 Å². The highest BCUT2D eigenvalue weighted by molar-refractivity contribution is 5.99. The lowest BCUT2D eigenvalue weighted by Crippen LogP contribution is -2.45. The van der Waals surface area contributed by atoms with Gasteiger partial charge in [-0.05, 0) is 35.4 Å². The van der Waals surface area contributed by atoms with Crippen LogP contribution in [-0.2, 0) is 27.3 Å². The summed E-state index contributed by atoms with van der Waals surface area (Å²) in [5, 5.41) is 5.93. The first-order valence-electron chi connectivity index (χ1n) is 11.2. The fourth-order valence-electron chi connectivity index (χ4n) is 3.72. The second-order valence-electron chi connectivity index (χ2n) is 8.00. The minimum atomic E-state index is -1.10. The van der Waals surface area contributed by atoms with Gasteiger partial charge in [0.1, 0.15) is 18.5 Å². The van der Waals surface area contributed by atoms with E-state index in [4.69, 9.17) is 4.74 Å². The van der Waals surface area contributed by atoms with Gasteiger partial charge in [-0.3, -0.25) is 4.79 Å². The lowest BCUT2D eigenvalue weighted by Gasteiger charge is -2.19. The molecule has 0 saturated carbocycles. The van der Waals surface area contributed by atoms with Gasteiger partial charge in [0.2, 0.25) is 5.91 Å². The number of para-hydroxylation sites is 1. The second kappa shape index (κ2) is 11.2. The largest absolute Gasteiger partial charge is 0.465 e. The normalized spacial score (nSPS) is 11.5. The van der Waals surface area contributed by atoms with Crippen molar-refractivity contribution in [3.8, 4) is 0 Å². The van der Waals surface area contributed by atoms with E-state index < -0.39 is 29.8 Å². The molecule has 8 nitrogen and oxygen atoms in total. The van der Waals surface area contributed by atoms with Crippen LogP contribution in [0.2, 0.25) is 0 Å². The molecule has 9 heteroatoms. The van der Waals surface area contributed by atoms with Crippen molar-refractivity contribution in [2.45, 2.75) is 19.1 Å². The van der Waals surface area contributed by atoms with E-state index in [2.05, 4.69) is 20.4 Å². The number of halogens is 1. The summed E-state index contributed by atoms with van der Waals surface area (Å²) in [6.45, 7) is 0.0178. The van der Waals surface area contributed by atoms with Crippen LogP contribution in [0.5, 0.6) is 0 Å². The van der Waals surface area contributed by atoms with E-state index in [1.165, 1.54) is 19.2 Å². The fourth-order valence-corrected chi connectivity index (χ4v) is 3.72. The van der Waals surface area contributed by atoms with Crippen molar-refractivity contribution in [1.82, 2.24) is 10.3 Å². The molecule has 4 rings (SSSR count). The van der Waals surface area contributed by atoms with E-state index >= 15 is 0 Å². The number of aromatic amines is 1. The number of carbonyl (C=O) groups is 3. The number of aromatic nitrogens is 1. The first kappa shape index (κ1) is 24.5. The van der Waals surface area contributed by atoms with Crippen LogP contribution in [0.4, 0.5) is 14.9 Å². The van der Waals surface area contributed by atoms with Gasteiger partial charge in [0, 0.05) is 23.5 Å². The zero-order chi connectivity index (χ0) is 25.5. The number of alkyl carbamates (subject to hydrolysis) is 1. The van der Waals surface area contributed by atoms with Gasteiger partial charge in [-0.1, -0.05) is 48.5 Å². The highest BCUT2D eigenvalue weighted by atomic mass is 19.1. The van der Waals surface area contributed by atoms with Gasteiger partial charge < -0.3 is 25.1 Å². The number of hydrogen-bond donors (Lipinski definition) is 3. The van der Waals surface area contributed by atoms with E-state index in [0.29, 0.717) is 0 Å². The van der Waals surface area contributed by atoms with Gasteiger partial charge in [-0.15, -0.1) is 0 Å². The highest BCUT2D eigenvalue weighted by Crippen LogP contribution is 2.21. The number of methoxy groups -OCH3 is 1. The molecule has 0 bridgehead atoms. The molecule has 36 heavy (non-hydrogen) atoms. The van der Waals surface area contributed by atoms with E-state index in [1.54, 1.807) is 18.3 Å². The van der Waals surface area contributed by atoms with Gasteiger partial charge >= 0.3 is 12.1 Å². The van der Waals surface area contributed by atoms with Crippen molar-refractivity contribution in [2.75, 3.05) is 12.4 Å². The van der Waals surface area contributed by atoms with Crippen LogP contribution in [0.25, 0.3) is 10.9 Å². The maximum absolute atomic E-state index is 14.4. The number of carbonyl (C=O) groups excluding carboxylic acids is 3. The van der Waals surface area contributed by atoms with Gasteiger partial charge in [0.25, 0.3) is 0 Å². The van der Waals surface area contributed by atoms with Crippen LogP contribution in [0.1, 0.15) is 21.5 Å². The van der Waals surface area contributed by atoms with Gasteiger partial charge in [-0.2, -0.15) is 0 Å². The van der Waals surface area contributed by atoms with E-state index in [-0.39, 0.29) is 24.3 Å². The summed E-state index contributed by atoms with van der Waals surface area (Å²) >= 11 is 0. The Hall–Kier alpha value is -4.66. The number of rotatable bonds is 8. The highest BCUT2D eigenvalue weighted by Gasteiger charge is 2.25. The Morgan fingerprint density at radius 2 is 1.75 bits per heavy atom. The number of amides is 2.